The number of hydrogen-bond donors (Lipinski definition) is 1. The van der Waals surface area contributed by atoms with Crippen LogP contribution < -0.4 is 5.32 Å². The summed E-state index contributed by atoms with van der Waals surface area (Å²) in [5.74, 6) is -1.20. The van der Waals surface area contributed by atoms with Crippen LogP contribution in [0.5, 0.6) is 0 Å². The van der Waals surface area contributed by atoms with Crippen LogP contribution in [0, 0.1) is 24.2 Å². The van der Waals surface area contributed by atoms with E-state index in [2.05, 4.69) is 15.5 Å². The summed E-state index contributed by atoms with van der Waals surface area (Å²) in [4.78, 5) is 15.5. The van der Waals surface area contributed by atoms with Crippen LogP contribution in [-0.2, 0) is 11.2 Å². The van der Waals surface area contributed by atoms with Crippen LogP contribution in [-0.4, -0.2) is 22.6 Å². The van der Waals surface area contributed by atoms with Crippen molar-refractivity contribution in [1.82, 2.24) is 15.5 Å². The maximum Gasteiger partial charge on any atom is 0.295 e. The van der Waals surface area contributed by atoms with Crippen LogP contribution in [0.25, 0.3) is 11.7 Å². The molecule has 0 spiro atoms. The largest absolute Gasteiger partial charge is 0.450 e. The summed E-state index contributed by atoms with van der Waals surface area (Å²) >= 11 is 0. The van der Waals surface area contributed by atoms with Gasteiger partial charge in [0.05, 0.1) is 6.07 Å². The first kappa shape index (κ1) is 16.6. The van der Waals surface area contributed by atoms with Gasteiger partial charge in [-0.05, 0) is 19.9 Å². The molecular formula is C14H14F2N4O3. The highest BCUT2D eigenvalue weighted by Crippen LogP contribution is 2.30. The van der Waals surface area contributed by atoms with Gasteiger partial charge in [-0.25, -0.2) is 8.78 Å². The van der Waals surface area contributed by atoms with E-state index in [9.17, 15) is 13.6 Å². The SMILES string of the molecule is Cc1cc(C(F)F)oc1-c1nc(CCNC(=O)C(C)C#N)no1. The monoisotopic (exact) mass is 324 g/mol. The third kappa shape index (κ3) is 3.91. The maximum absolute atomic E-state index is 12.6. The molecule has 0 saturated heterocycles. The molecule has 1 unspecified atom stereocenters. The quantitative estimate of drug-likeness (QED) is 0.874. The third-order valence-electron chi connectivity index (χ3n) is 3.05. The summed E-state index contributed by atoms with van der Waals surface area (Å²) in [6.07, 6.45) is -2.45. The Labute approximate surface area is 130 Å². The molecule has 2 aromatic heterocycles. The van der Waals surface area contributed by atoms with Crippen LogP contribution in [0.4, 0.5) is 8.78 Å². The van der Waals surface area contributed by atoms with Gasteiger partial charge < -0.3 is 14.3 Å². The number of alkyl halides is 2. The van der Waals surface area contributed by atoms with Gasteiger partial charge in [-0.3, -0.25) is 4.79 Å². The number of halogens is 2. The number of nitriles is 1. The van der Waals surface area contributed by atoms with Gasteiger partial charge in [-0.2, -0.15) is 10.2 Å². The van der Waals surface area contributed by atoms with Crippen molar-refractivity contribution in [3.63, 3.8) is 0 Å². The Bertz CT molecular complexity index is 733. The Hall–Kier alpha value is -2.76. The van der Waals surface area contributed by atoms with E-state index >= 15 is 0 Å². The highest BCUT2D eigenvalue weighted by atomic mass is 19.3. The van der Waals surface area contributed by atoms with Crippen molar-refractivity contribution < 1.29 is 22.5 Å². The molecule has 0 radical (unpaired) electrons. The molecule has 0 fully saturated rings. The lowest BCUT2D eigenvalue weighted by Crippen LogP contribution is -2.30. The summed E-state index contributed by atoms with van der Waals surface area (Å²) < 4.78 is 35.2. The molecule has 1 atom stereocenters. The second-order valence-corrected chi connectivity index (χ2v) is 4.87. The first-order chi connectivity index (χ1) is 10.9. The number of carbonyl (C=O) groups excluding carboxylic acids is 1. The molecule has 0 aromatic carbocycles. The predicted molar refractivity (Wildman–Crippen MR) is 73.2 cm³/mol. The number of amides is 1. The molecule has 1 amide bonds. The van der Waals surface area contributed by atoms with Crippen LogP contribution in [0.2, 0.25) is 0 Å². The fraction of sp³-hybridized carbons (Fsp3) is 0.429. The molecule has 9 heteroatoms. The lowest BCUT2D eigenvalue weighted by atomic mass is 10.2. The van der Waals surface area contributed by atoms with Crippen molar-refractivity contribution in [3.8, 4) is 17.7 Å². The highest BCUT2D eigenvalue weighted by molar-refractivity contribution is 5.80. The van der Waals surface area contributed by atoms with E-state index in [1.54, 1.807) is 6.92 Å². The summed E-state index contributed by atoms with van der Waals surface area (Å²) in [7, 11) is 0. The number of aromatic nitrogens is 2. The number of furan rings is 1. The molecule has 7 nitrogen and oxygen atoms in total. The Morgan fingerprint density at radius 2 is 2.26 bits per heavy atom. The smallest absolute Gasteiger partial charge is 0.295 e. The second kappa shape index (κ2) is 7.00. The molecule has 0 aliphatic rings. The highest BCUT2D eigenvalue weighted by Gasteiger charge is 2.21. The molecule has 0 aliphatic heterocycles. The Balaban J connectivity index is 1.99. The minimum atomic E-state index is -2.72. The molecule has 0 aliphatic carbocycles. The molecule has 2 rings (SSSR count). The minimum absolute atomic E-state index is 0.00104. The third-order valence-corrected chi connectivity index (χ3v) is 3.05. The standard InChI is InChI=1S/C14H14F2N4O3/c1-7-5-9(12(15)16)22-11(7)14-19-10(20-23-14)3-4-18-13(21)8(2)6-17/h5,8,12H,3-4H2,1-2H3,(H,18,21). The van der Waals surface area contributed by atoms with Gasteiger partial charge >= 0.3 is 0 Å². The van der Waals surface area contributed by atoms with Crippen molar-refractivity contribution >= 4 is 5.91 Å². The van der Waals surface area contributed by atoms with Crippen LogP contribution in [0.3, 0.4) is 0 Å². The van der Waals surface area contributed by atoms with E-state index in [1.165, 1.54) is 13.0 Å². The number of carbonyl (C=O) groups is 1. The maximum atomic E-state index is 12.6. The van der Waals surface area contributed by atoms with E-state index in [0.29, 0.717) is 11.4 Å². The fourth-order valence-electron chi connectivity index (χ4n) is 1.78. The number of rotatable bonds is 6. The first-order valence-corrected chi connectivity index (χ1v) is 6.81. The first-order valence-electron chi connectivity index (χ1n) is 6.81. The molecule has 0 bridgehead atoms. The van der Waals surface area contributed by atoms with Crippen LogP contribution in [0.15, 0.2) is 15.0 Å². The van der Waals surface area contributed by atoms with E-state index in [4.69, 9.17) is 14.2 Å². The molecule has 2 heterocycles. The Morgan fingerprint density at radius 3 is 2.87 bits per heavy atom. The van der Waals surface area contributed by atoms with Gasteiger partial charge in [0.2, 0.25) is 5.91 Å². The van der Waals surface area contributed by atoms with Gasteiger partial charge in [0.1, 0.15) is 5.92 Å². The van der Waals surface area contributed by atoms with Gasteiger partial charge in [0.25, 0.3) is 12.3 Å². The van der Waals surface area contributed by atoms with Crippen molar-refractivity contribution in [2.24, 2.45) is 5.92 Å². The average molecular weight is 324 g/mol. The van der Waals surface area contributed by atoms with E-state index in [1.807, 2.05) is 6.07 Å². The van der Waals surface area contributed by atoms with Crippen molar-refractivity contribution in [2.45, 2.75) is 26.7 Å². The second-order valence-electron chi connectivity index (χ2n) is 4.87. The molecule has 122 valence electrons. The van der Waals surface area contributed by atoms with Crippen LogP contribution >= 0.6 is 0 Å². The van der Waals surface area contributed by atoms with Crippen LogP contribution in [0.1, 0.15) is 30.5 Å². The van der Waals surface area contributed by atoms with Gasteiger partial charge in [-0.1, -0.05) is 5.16 Å². The van der Waals surface area contributed by atoms with E-state index in [0.717, 1.165) is 0 Å². The Kier molecular flexibility index (Phi) is 5.05. The number of hydrogen-bond acceptors (Lipinski definition) is 6. The fourth-order valence-corrected chi connectivity index (χ4v) is 1.78. The average Bonchev–Trinajstić information content (AvgIpc) is 3.12. The molecule has 1 N–H and O–H groups in total. The van der Waals surface area contributed by atoms with Gasteiger partial charge in [-0.15, -0.1) is 0 Å². The lowest BCUT2D eigenvalue weighted by Gasteiger charge is -2.03. The molecule has 2 aromatic rings. The predicted octanol–water partition coefficient (Wildman–Crippen LogP) is 2.39. The van der Waals surface area contributed by atoms with Gasteiger partial charge in [0.15, 0.2) is 17.3 Å². The normalized spacial score (nSPS) is 12.2. The van der Waals surface area contributed by atoms with Gasteiger partial charge in [0, 0.05) is 18.5 Å². The zero-order valence-electron chi connectivity index (χ0n) is 12.5. The summed E-state index contributed by atoms with van der Waals surface area (Å²) in [6, 6.07) is 3.04. The summed E-state index contributed by atoms with van der Waals surface area (Å²) in [5.41, 5.74) is 0.464. The summed E-state index contributed by atoms with van der Waals surface area (Å²) in [5, 5.41) is 14.9. The zero-order valence-corrected chi connectivity index (χ0v) is 12.5. The van der Waals surface area contributed by atoms with Crippen molar-refractivity contribution in [1.29, 1.82) is 5.26 Å². The minimum Gasteiger partial charge on any atom is -0.450 e. The van der Waals surface area contributed by atoms with E-state index in [-0.39, 0.29) is 30.5 Å². The van der Waals surface area contributed by atoms with Crippen molar-refractivity contribution in [3.05, 3.63) is 23.2 Å². The zero-order chi connectivity index (χ0) is 17.0. The lowest BCUT2D eigenvalue weighted by molar-refractivity contribution is -0.122. The molecule has 23 heavy (non-hydrogen) atoms. The topological polar surface area (TPSA) is 105 Å². The number of aryl methyl sites for hydroxylation is 1. The number of nitrogens with one attached hydrogen (secondary N) is 1. The van der Waals surface area contributed by atoms with Crippen molar-refractivity contribution in [2.75, 3.05) is 6.54 Å². The van der Waals surface area contributed by atoms with E-state index < -0.39 is 18.1 Å². The summed E-state index contributed by atoms with van der Waals surface area (Å²) in [6.45, 7) is 3.31. The molecular weight excluding hydrogens is 310 g/mol. The molecule has 0 saturated carbocycles. The Morgan fingerprint density at radius 1 is 1.52 bits per heavy atom. The number of nitrogens with zero attached hydrogens (tertiary/aromatic N) is 3.